The first kappa shape index (κ1) is 17.6. The number of benzene rings is 1. The third kappa shape index (κ3) is 2.65. The first-order chi connectivity index (χ1) is 10.1. The van der Waals surface area contributed by atoms with Gasteiger partial charge in [-0.05, 0) is 68.5 Å². The molecule has 0 spiro atoms. The van der Waals surface area contributed by atoms with Crippen molar-refractivity contribution in [2.24, 2.45) is 5.92 Å². The van der Waals surface area contributed by atoms with E-state index >= 15 is 0 Å². The molecule has 2 nitrogen and oxygen atoms in total. The number of aromatic hydroxyl groups is 1. The standard InChI is InChI=1S/C19H29NO.ClH/c1-4-6-16-18-12-14-7-8-15(21)13-17(14)19(16,9-5-2)10-11-20(18)3;/h7-8,13,16,18,21H,4-6,9-12H2,1-3H3;1H/t16-,18+,19-;/m1./s1. The highest BCUT2D eigenvalue weighted by molar-refractivity contribution is 5.85. The van der Waals surface area contributed by atoms with Crippen LogP contribution < -0.4 is 0 Å². The summed E-state index contributed by atoms with van der Waals surface area (Å²) < 4.78 is 0. The van der Waals surface area contributed by atoms with Gasteiger partial charge in [0.25, 0.3) is 0 Å². The zero-order chi connectivity index (χ0) is 15.0. The maximum atomic E-state index is 10.0. The lowest BCUT2D eigenvalue weighted by atomic mass is 9.54. The van der Waals surface area contributed by atoms with Gasteiger partial charge in [-0.2, -0.15) is 0 Å². The first-order valence-electron chi connectivity index (χ1n) is 8.65. The molecule has 0 saturated carbocycles. The van der Waals surface area contributed by atoms with Crippen molar-refractivity contribution in [2.45, 2.75) is 63.8 Å². The van der Waals surface area contributed by atoms with Gasteiger partial charge in [-0.25, -0.2) is 0 Å². The number of phenolic OH excluding ortho intramolecular Hbond substituents is 1. The van der Waals surface area contributed by atoms with Crippen molar-refractivity contribution in [3.63, 3.8) is 0 Å². The fourth-order valence-corrected chi connectivity index (χ4v) is 5.14. The summed E-state index contributed by atoms with van der Waals surface area (Å²) in [7, 11) is 2.30. The van der Waals surface area contributed by atoms with E-state index in [2.05, 4.69) is 37.9 Å². The number of likely N-dealkylation sites (tertiary alicyclic amines) is 1. The molecule has 0 amide bonds. The Morgan fingerprint density at radius 2 is 2.05 bits per heavy atom. The molecule has 1 saturated heterocycles. The van der Waals surface area contributed by atoms with E-state index in [1.807, 2.05) is 6.07 Å². The van der Waals surface area contributed by atoms with Crippen LogP contribution in [0, 0.1) is 5.92 Å². The van der Waals surface area contributed by atoms with Crippen LogP contribution in [0.5, 0.6) is 5.75 Å². The lowest BCUT2D eigenvalue weighted by molar-refractivity contribution is 0.0197. The second kappa shape index (κ2) is 6.80. The molecule has 3 heteroatoms. The molecule has 2 aliphatic rings. The van der Waals surface area contributed by atoms with Crippen molar-refractivity contribution in [3.8, 4) is 5.75 Å². The van der Waals surface area contributed by atoms with Crippen LogP contribution in [0.25, 0.3) is 0 Å². The van der Waals surface area contributed by atoms with Gasteiger partial charge in [0.05, 0.1) is 0 Å². The van der Waals surface area contributed by atoms with Gasteiger partial charge in [-0.15, -0.1) is 12.4 Å². The Bertz CT molecular complexity index is 518. The van der Waals surface area contributed by atoms with Crippen LogP contribution in [0.2, 0.25) is 0 Å². The van der Waals surface area contributed by atoms with Gasteiger partial charge in [-0.1, -0.05) is 32.8 Å². The van der Waals surface area contributed by atoms with Gasteiger partial charge in [0.15, 0.2) is 0 Å². The molecule has 0 aromatic heterocycles. The lowest BCUT2D eigenvalue weighted by Gasteiger charge is -2.56. The second-order valence-electron chi connectivity index (χ2n) is 7.14. The number of phenols is 1. The fraction of sp³-hybridized carbons (Fsp3) is 0.684. The number of likely N-dealkylation sites (N-methyl/N-ethyl adjacent to an activating group) is 1. The number of piperidine rings is 1. The van der Waals surface area contributed by atoms with Crippen LogP contribution in [0.15, 0.2) is 18.2 Å². The summed E-state index contributed by atoms with van der Waals surface area (Å²) in [6.07, 6.45) is 7.46. The molecule has 3 rings (SSSR count). The van der Waals surface area contributed by atoms with E-state index in [9.17, 15) is 5.11 Å². The molecule has 1 heterocycles. The van der Waals surface area contributed by atoms with E-state index in [0.29, 0.717) is 17.2 Å². The number of halogens is 1. The van der Waals surface area contributed by atoms with Crippen LogP contribution in [-0.2, 0) is 11.8 Å². The number of rotatable bonds is 4. The number of nitrogens with zero attached hydrogens (tertiary/aromatic N) is 1. The molecular formula is C19H30ClNO. The van der Waals surface area contributed by atoms with Gasteiger partial charge >= 0.3 is 0 Å². The average molecular weight is 324 g/mol. The van der Waals surface area contributed by atoms with Crippen molar-refractivity contribution in [1.29, 1.82) is 0 Å². The molecule has 1 fully saturated rings. The number of fused-ring (bicyclic) bond motifs is 4. The van der Waals surface area contributed by atoms with E-state index in [0.717, 1.165) is 12.3 Å². The maximum Gasteiger partial charge on any atom is 0.115 e. The normalized spacial score (nSPS) is 30.5. The summed E-state index contributed by atoms with van der Waals surface area (Å²) in [6.45, 7) is 5.81. The molecule has 1 aliphatic carbocycles. The van der Waals surface area contributed by atoms with Gasteiger partial charge in [-0.3, -0.25) is 0 Å². The summed E-state index contributed by atoms with van der Waals surface area (Å²) in [5.41, 5.74) is 3.24. The number of hydrogen-bond donors (Lipinski definition) is 1. The summed E-state index contributed by atoms with van der Waals surface area (Å²) in [5.74, 6) is 1.19. The quantitative estimate of drug-likeness (QED) is 0.880. The molecule has 3 atom stereocenters. The van der Waals surface area contributed by atoms with Gasteiger partial charge in [0.2, 0.25) is 0 Å². The second-order valence-corrected chi connectivity index (χ2v) is 7.14. The molecular weight excluding hydrogens is 294 g/mol. The van der Waals surface area contributed by atoms with E-state index in [1.165, 1.54) is 49.8 Å². The molecule has 2 bridgehead atoms. The minimum Gasteiger partial charge on any atom is -0.508 e. The van der Waals surface area contributed by atoms with Gasteiger partial charge in [0, 0.05) is 11.5 Å². The Morgan fingerprint density at radius 1 is 1.27 bits per heavy atom. The summed E-state index contributed by atoms with van der Waals surface area (Å²) in [5, 5.41) is 10.0. The highest BCUT2D eigenvalue weighted by Gasteiger charge is 2.51. The topological polar surface area (TPSA) is 23.5 Å². The molecule has 1 aromatic rings. The molecule has 1 N–H and O–H groups in total. The highest BCUT2D eigenvalue weighted by Crippen LogP contribution is 2.53. The van der Waals surface area contributed by atoms with Crippen molar-refractivity contribution in [3.05, 3.63) is 29.3 Å². The smallest absolute Gasteiger partial charge is 0.115 e. The van der Waals surface area contributed by atoms with Gasteiger partial charge < -0.3 is 10.0 Å². The monoisotopic (exact) mass is 323 g/mol. The van der Waals surface area contributed by atoms with E-state index in [4.69, 9.17) is 0 Å². The minimum absolute atomic E-state index is 0. The number of hydrogen-bond acceptors (Lipinski definition) is 2. The van der Waals surface area contributed by atoms with E-state index in [-0.39, 0.29) is 12.4 Å². The van der Waals surface area contributed by atoms with Crippen molar-refractivity contribution >= 4 is 12.4 Å². The Morgan fingerprint density at radius 3 is 2.73 bits per heavy atom. The fourth-order valence-electron chi connectivity index (χ4n) is 5.14. The third-order valence-corrected chi connectivity index (χ3v) is 6.01. The van der Waals surface area contributed by atoms with E-state index < -0.39 is 0 Å². The predicted molar refractivity (Wildman–Crippen MR) is 95.1 cm³/mol. The molecule has 0 radical (unpaired) electrons. The Hall–Kier alpha value is -0.730. The SMILES string of the molecule is CCC[C@@H]1[C@@H]2Cc3ccc(O)cc3[C@]1(CCC)CCN2C.Cl. The van der Waals surface area contributed by atoms with Crippen LogP contribution >= 0.6 is 12.4 Å². The van der Waals surface area contributed by atoms with Crippen molar-refractivity contribution < 1.29 is 5.11 Å². The van der Waals surface area contributed by atoms with Crippen LogP contribution in [0.1, 0.15) is 57.1 Å². The predicted octanol–water partition coefficient (Wildman–Crippen LogP) is 4.53. The zero-order valence-corrected chi connectivity index (χ0v) is 15.0. The van der Waals surface area contributed by atoms with Crippen molar-refractivity contribution in [1.82, 2.24) is 4.90 Å². The molecule has 1 aliphatic heterocycles. The maximum absolute atomic E-state index is 10.0. The summed E-state index contributed by atoms with van der Waals surface area (Å²) in [4.78, 5) is 2.59. The summed E-state index contributed by atoms with van der Waals surface area (Å²) >= 11 is 0. The van der Waals surface area contributed by atoms with Crippen LogP contribution in [-0.4, -0.2) is 29.6 Å². The molecule has 124 valence electrons. The third-order valence-electron chi connectivity index (χ3n) is 6.01. The molecule has 1 aromatic carbocycles. The average Bonchev–Trinajstić information content (AvgIpc) is 2.46. The van der Waals surface area contributed by atoms with E-state index in [1.54, 1.807) is 0 Å². The molecule has 0 unspecified atom stereocenters. The Kier molecular flexibility index (Phi) is 5.45. The Balaban J connectivity index is 0.00000176. The zero-order valence-electron chi connectivity index (χ0n) is 14.1. The Labute approximate surface area is 141 Å². The van der Waals surface area contributed by atoms with Crippen molar-refractivity contribution in [2.75, 3.05) is 13.6 Å². The van der Waals surface area contributed by atoms with Crippen LogP contribution in [0.3, 0.4) is 0 Å². The van der Waals surface area contributed by atoms with Crippen LogP contribution in [0.4, 0.5) is 0 Å². The first-order valence-corrected chi connectivity index (χ1v) is 8.65. The molecule has 22 heavy (non-hydrogen) atoms. The van der Waals surface area contributed by atoms with Gasteiger partial charge in [0.1, 0.15) is 5.75 Å². The minimum atomic E-state index is 0. The highest BCUT2D eigenvalue weighted by atomic mass is 35.5. The largest absolute Gasteiger partial charge is 0.508 e. The lowest BCUT2D eigenvalue weighted by Crippen LogP contribution is -2.58. The summed E-state index contributed by atoms with van der Waals surface area (Å²) in [6, 6.07) is 6.80.